The summed E-state index contributed by atoms with van der Waals surface area (Å²) in [5.74, 6) is -0.752. The first kappa shape index (κ1) is 18.3. The quantitative estimate of drug-likeness (QED) is 0.651. The van der Waals surface area contributed by atoms with Gasteiger partial charge in [-0.3, -0.25) is 0 Å². The minimum atomic E-state index is -0.895. The summed E-state index contributed by atoms with van der Waals surface area (Å²) in [6.45, 7) is 0. The number of nitriles is 1. The third-order valence-electron chi connectivity index (χ3n) is 4.81. The maximum absolute atomic E-state index is 12.9. The van der Waals surface area contributed by atoms with Gasteiger partial charge in [0.25, 0.3) is 0 Å². The first-order chi connectivity index (χ1) is 14.0. The van der Waals surface area contributed by atoms with Crippen LogP contribution in [0.3, 0.4) is 0 Å². The Bertz CT molecular complexity index is 1240. The number of ether oxygens (including phenoxy) is 3. The van der Waals surface area contributed by atoms with Gasteiger partial charge in [-0.25, -0.2) is 4.79 Å². The number of nitrogens with two attached hydrogens (primary N) is 1. The SMILES string of the molecule is COc1cc([C@H]2C(C#N)=C(N)Oc3c2c(=O)oc2ccccc32)cc(OC)c1O. The average molecular weight is 392 g/mol. The van der Waals surface area contributed by atoms with Gasteiger partial charge in [0.1, 0.15) is 17.2 Å². The Balaban J connectivity index is 2.08. The molecule has 0 radical (unpaired) electrons. The van der Waals surface area contributed by atoms with E-state index >= 15 is 0 Å². The van der Waals surface area contributed by atoms with Crippen molar-refractivity contribution in [2.45, 2.75) is 5.92 Å². The fourth-order valence-corrected chi connectivity index (χ4v) is 3.48. The zero-order chi connectivity index (χ0) is 20.7. The predicted octanol–water partition coefficient (Wildman–Crippen LogP) is 2.73. The molecule has 0 fully saturated rings. The number of hydrogen-bond acceptors (Lipinski definition) is 8. The Hall–Kier alpha value is -4.12. The lowest BCUT2D eigenvalue weighted by Crippen LogP contribution is -2.26. The van der Waals surface area contributed by atoms with E-state index in [2.05, 4.69) is 0 Å². The molecule has 0 spiro atoms. The van der Waals surface area contributed by atoms with Gasteiger partial charge in [0.05, 0.1) is 31.1 Å². The standard InChI is InChI=1S/C21H16N2O6/c1-26-14-7-10(8-15(27-2)18(14)24)16-12(9-22)20(23)29-19-11-5-3-4-6-13(11)28-21(25)17(16)19/h3-8,16,24H,23H2,1-2H3/t16-/m0/s1. The number of fused-ring (bicyclic) bond motifs is 3. The van der Waals surface area contributed by atoms with E-state index in [1.165, 1.54) is 26.4 Å². The van der Waals surface area contributed by atoms with Gasteiger partial charge in [-0.1, -0.05) is 12.1 Å². The lowest BCUT2D eigenvalue weighted by molar-refractivity contribution is 0.338. The van der Waals surface area contributed by atoms with Gasteiger partial charge in [-0.15, -0.1) is 0 Å². The van der Waals surface area contributed by atoms with Crippen LogP contribution in [0.1, 0.15) is 17.0 Å². The molecule has 0 bridgehead atoms. The number of phenolic OH excluding ortho intramolecular Hbond substituents is 1. The summed E-state index contributed by atoms with van der Waals surface area (Å²) in [6, 6.07) is 11.9. The highest BCUT2D eigenvalue weighted by atomic mass is 16.5. The van der Waals surface area contributed by atoms with Gasteiger partial charge in [-0.05, 0) is 29.8 Å². The van der Waals surface area contributed by atoms with Crippen molar-refractivity contribution in [1.29, 1.82) is 5.26 Å². The van der Waals surface area contributed by atoms with E-state index < -0.39 is 11.5 Å². The van der Waals surface area contributed by atoms with Crippen molar-refractivity contribution in [2.75, 3.05) is 14.2 Å². The summed E-state index contributed by atoms with van der Waals surface area (Å²) in [7, 11) is 2.76. The molecule has 0 aliphatic carbocycles. The van der Waals surface area contributed by atoms with Crippen molar-refractivity contribution in [3.63, 3.8) is 0 Å². The van der Waals surface area contributed by atoms with E-state index in [0.29, 0.717) is 16.5 Å². The van der Waals surface area contributed by atoms with Crippen LogP contribution in [-0.4, -0.2) is 19.3 Å². The van der Waals surface area contributed by atoms with E-state index in [1.807, 2.05) is 6.07 Å². The largest absolute Gasteiger partial charge is 0.502 e. The smallest absolute Gasteiger partial charge is 0.344 e. The van der Waals surface area contributed by atoms with E-state index in [9.17, 15) is 15.2 Å². The third kappa shape index (κ3) is 2.72. The Labute approximate surface area is 164 Å². The van der Waals surface area contributed by atoms with Crippen LogP contribution in [0.15, 0.2) is 57.1 Å². The highest BCUT2D eigenvalue weighted by molar-refractivity contribution is 5.86. The highest BCUT2D eigenvalue weighted by Crippen LogP contribution is 2.47. The van der Waals surface area contributed by atoms with E-state index in [1.54, 1.807) is 24.3 Å². The zero-order valence-corrected chi connectivity index (χ0v) is 15.6. The van der Waals surface area contributed by atoms with Gasteiger partial charge in [0.2, 0.25) is 11.6 Å². The lowest BCUT2D eigenvalue weighted by Gasteiger charge is -2.26. The van der Waals surface area contributed by atoms with Crippen molar-refractivity contribution >= 4 is 11.0 Å². The number of aromatic hydroxyl groups is 1. The molecule has 3 aromatic rings. The van der Waals surface area contributed by atoms with Gasteiger partial charge in [0, 0.05) is 0 Å². The molecule has 2 heterocycles. The molecule has 0 unspecified atom stereocenters. The molecule has 1 aromatic heterocycles. The number of benzene rings is 2. The van der Waals surface area contributed by atoms with Crippen molar-refractivity contribution in [1.82, 2.24) is 0 Å². The van der Waals surface area contributed by atoms with Crippen LogP contribution >= 0.6 is 0 Å². The second-order valence-corrected chi connectivity index (χ2v) is 6.33. The van der Waals surface area contributed by atoms with E-state index in [4.69, 9.17) is 24.4 Å². The summed E-state index contributed by atoms with van der Waals surface area (Å²) in [5, 5.41) is 20.5. The number of phenols is 1. The maximum atomic E-state index is 12.9. The minimum Gasteiger partial charge on any atom is -0.502 e. The second kappa shape index (κ2) is 6.80. The van der Waals surface area contributed by atoms with E-state index in [0.717, 1.165) is 0 Å². The Morgan fingerprint density at radius 2 is 1.83 bits per heavy atom. The Morgan fingerprint density at radius 1 is 1.17 bits per heavy atom. The normalized spacial score (nSPS) is 15.4. The van der Waals surface area contributed by atoms with Crippen LogP contribution < -0.4 is 25.6 Å². The summed E-state index contributed by atoms with van der Waals surface area (Å²) in [4.78, 5) is 12.9. The third-order valence-corrected chi connectivity index (χ3v) is 4.81. The molecule has 3 N–H and O–H groups in total. The molecule has 2 aromatic carbocycles. The zero-order valence-electron chi connectivity index (χ0n) is 15.6. The van der Waals surface area contributed by atoms with Gasteiger partial charge < -0.3 is 29.5 Å². The lowest BCUT2D eigenvalue weighted by atomic mass is 9.83. The van der Waals surface area contributed by atoms with Crippen molar-refractivity contribution in [2.24, 2.45) is 5.73 Å². The predicted molar refractivity (Wildman–Crippen MR) is 103 cm³/mol. The minimum absolute atomic E-state index is 0.0369. The monoisotopic (exact) mass is 392 g/mol. The molecule has 8 heteroatoms. The fraction of sp³-hybridized carbons (Fsp3) is 0.143. The van der Waals surface area contributed by atoms with E-state index in [-0.39, 0.29) is 40.0 Å². The molecule has 8 nitrogen and oxygen atoms in total. The van der Waals surface area contributed by atoms with Crippen molar-refractivity contribution < 1.29 is 23.7 Å². The van der Waals surface area contributed by atoms with Crippen molar-refractivity contribution in [3.8, 4) is 29.1 Å². The molecule has 146 valence electrons. The molecule has 1 atom stereocenters. The summed E-state index contributed by atoms with van der Waals surface area (Å²) in [6.07, 6.45) is 0. The molecule has 0 amide bonds. The molecule has 0 saturated heterocycles. The molecule has 1 aliphatic rings. The Morgan fingerprint density at radius 3 is 2.45 bits per heavy atom. The number of allylic oxidation sites excluding steroid dienone is 1. The Kier molecular flexibility index (Phi) is 4.28. The van der Waals surface area contributed by atoms with Gasteiger partial charge >= 0.3 is 5.63 Å². The van der Waals surface area contributed by atoms with Gasteiger partial charge in [0.15, 0.2) is 17.2 Å². The number of methoxy groups -OCH3 is 2. The molecule has 4 rings (SSSR count). The maximum Gasteiger partial charge on any atom is 0.344 e. The summed E-state index contributed by atoms with van der Waals surface area (Å²) in [5.41, 5.74) is 6.33. The first-order valence-electron chi connectivity index (χ1n) is 8.58. The molecular weight excluding hydrogens is 376 g/mol. The highest BCUT2D eigenvalue weighted by Gasteiger charge is 2.36. The molecule has 29 heavy (non-hydrogen) atoms. The van der Waals surface area contributed by atoms with Gasteiger partial charge in [-0.2, -0.15) is 5.26 Å². The van der Waals surface area contributed by atoms with Crippen molar-refractivity contribution in [3.05, 3.63) is 69.4 Å². The van der Waals surface area contributed by atoms with Crippen LogP contribution in [0.2, 0.25) is 0 Å². The number of rotatable bonds is 3. The van der Waals surface area contributed by atoms with Crippen LogP contribution in [0.4, 0.5) is 0 Å². The molecule has 0 saturated carbocycles. The summed E-state index contributed by atoms with van der Waals surface area (Å²) < 4.78 is 21.6. The van der Waals surface area contributed by atoms with Crippen LogP contribution in [0, 0.1) is 11.3 Å². The topological polar surface area (TPSA) is 128 Å². The molecule has 1 aliphatic heterocycles. The number of hydrogen-bond donors (Lipinski definition) is 2. The van der Waals surface area contributed by atoms with Crippen LogP contribution in [0.5, 0.6) is 23.0 Å². The number of para-hydroxylation sites is 1. The molecular formula is C21H16N2O6. The second-order valence-electron chi connectivity index (χ2n) is 6.33. The number of nitrogens with zero attached hydrogens (tertiary/aromatic N) is 1. The van der Waals surface area contributed by atoms with Crippen LogP contribution in [-0.2, 0) is 0 Å². The average Bonchev–Trinajstić information content (AvgIpc) is 2.73. The fourth-order valence-electron chi connectivity index (χ4n) is 3.48. The van der Waals surface area contributed by atoms with Crippen LogP contribution in [0.25, 0.3) is 11.0 Å². The summed E-state index contributed by atoms with van der Waals surface area (Å²) >= 11 is 0. The first-order valence-corrected chi connectivity index (χ1v) is 8.58.